The molecule has 0 spiro atoms. The van der Waals surface area contributed by atoms with Crippen molar-refractivity contribution in [2.24, 2.45) is 0 Å². The monoisotopic (exact) mass is 284 g/mol. The molecule has 20 heavy (non-hydrogen) atoms. The highest BCUT2D eigenvalue weighted by atomic mass is 28.3. The molecule has 1 heteroatoms. The molecule has 0 bridgehead atoms. The van der Waals surface area contributed by atoms with Crippen LogP contribution in [0.1, 0.15) is 49.3 Å². The molecule has 0 fully saturated rings. The van der Waals surface area contributed by atoms with Gasteiger partial charge < -0.3 is 0 Å². The molecule has 0 amide bonds. The van der Waals surface area contributed by atoms with Crippen LogP contribution >= 0.6 is 0 Å². The van der Waals surface area contributed by atoms with Gasteiger partial charge in [-0.05, 0) is 27.2 Å². The first-order valence-electron chi connectivity index (χ1n) is 8.07. The first-order valence-corrected chi connectivity index (χ1v) is 10.0. The SMILES string of the molecule is CCCCC[SiH](C1=CCC=C1)c1c(C)cc(C)cc1C. The van der Waals surface area contributed by atoms with Gasteiger partial charge in [-0.25, -0.2) is 0 Å². The van der Waals surface area contributed by atoms with Gasteiger partial charge >= 0.3 is 0 Å². The number of rotatable bonds is 6. The van der Waals surface area contributed by atoms with Gasteiger partial charge in [-0.2, -0.15) is 0 Å². The Morgan fingerprint density at radius 2 is 1.75 bits per heavy atom. The number of benzene rings is 1. The number of unbranched alkanes of at least 4 members (excludes halogenated alkanes) is 2. The average Bonchev–Trinajstić information content (AvgIpc) is 2.89. The summed E-state index contributed by atoms with van der Waals surface area (Å²) in [7, 11) is -1.00. The van der Waals surface area contributed by atoms with Crippen LogP contribution in [0.25, 0.3) is 0 Å². The molecule has 1 aromatic rings. The summed E-state index contributed by atoms with van der Waals surface area (Å²) < 4.78 is 0. The van der Waals surface area contributed by atoms with Gasteiger partial charge in [0.2, 0.25) is 0 Å². The van der Waals surface area contributed by atoms with Gasteiger partial charge in [0.05, 0.1) is 0 Å². The molecule has 1 atom stereocenters. The highest BCUT2D eigenvalue weighted by Crippen LogP contribution is 2.21. The third kappa shape index (κ3) is 3.52. The van der Waals surface area contributed by atoms with Gasteiger partial charge in [-0.15, -0.1) is 0 Å². The maximum Gasteiger partial charge on any atom is 0.103 e. The lowest BCUT2D eigenvalue weighted by molar-refractivity contribution is 0.767. The molecule has 0 radical (unpaired) electrons. The maximum atomic E-state index is 2.47. The Kier molecular flexibility index (Phi) is 5.42. The van der Waals surface area contributed by atoms with Crippen molar-refractivity contribution in [1.82, 2.24) is 0 Å². The standard InChI is InChI=1S/C19H28Si/c1-5-6-9-12-20(18-10-7-8-11-18)19-16(3)13-15(2)14-17(19)4/h7,10-11,13-14,20H,5-6,8-9,12H2,1-4H3. The van der Waals surface area contributed by atoms with Gasteiger partial charge in [0.1, 0.15) is 8.80 Å². The molecule has 0 aliphatic heterocycles. The Morgan fingerprint density at radius 3 is 2.30 bits per heavy atom. The van der Waals surface area contributed by atoms with E-state index in [4.69, 9.17) is 0 Å². The third-order valence-corrected chi connectivity index (χ3v) is 8.21. The summed E-state index contributed by atoms with van der Waals surface area (Å²) in [5.41, 5.74) is 4.45. The minimum absolute atomic E-state index is 1.00. The highest BCUT2D eigenvalue weighted by Gasteiger charge is 2.21. The van der Waals surface area contributed by atoms with Crippen LogP contribution in [0.3, 0.4) is 0 Å². The minimum Gasteiger partial charge on any atom is -0.0814 e. The quantitative estimate of drug-likeness (QED) is 0.526. The molecular weight excluding hydrogens is 256 g/mol. The van der Waals surface area contributed by atoms with Crippen molar-refractivity contribution in [3.63, 3.8) is 0 Å². The molecule has 1 aliphatic carbocycles. The summed E-state index contributed by atoms with van der Waals surface area (Å²) >= 11 is 0. The normalized spacial score (nSPS) is 15.5. The largest absolute Gasteiger partial charge is 0.103 e. The maximum absolute atomic E-state index is 2.47. The van der Waals surface area contributed by atoms with E-state index in [1.165, 1.54) is 42.0 Å². The van der Waals surface area contributed by atoms with Crippen LogP contribution < -0.4 is 5.19 Å². The van der Waals surface area contributed by atoms with Crippen LogP contribution in [0.2, 0.25) is 6.04 Å². The highest BCUT2D eigenvalue weighted by molar-refractivity contribution is 6.81. The van der Waals surface area contributed by atoms with Crippen molar-refractivity contribution < 1.29 is 0 Å². The van der Waals surface area contributed by atoms with E-state index in [0.29, 0.717) is 0 Å². The van der Waals surface area contributed by atoms with E-state index < -0.39 is 8.80 Å². The second-order valence-electron chi connectivity index (χ2n) is 6.20. The number of aryl methyl sites for hydroxylation is 3. The Balaban J connectivity index is 2.33. The summed E-state index contributed by atoms with van der Waals surface area (Å²) in [6.07, 6.45) is 12.4. The second kappa shape index (κ2) is 7.08. The van der Waals surface area contributed by atoms with E-state index in [1.54, 1.807) is 10.4 Å². The Hall–Kier alpha value is -1.08. The summed E-state index contributed by atoms with van der Waals surface area (Å²) in [5.74, 6) is 0. The molecule has 1 unspecified atom stereocenters. The van der Waals surface area contributed by atoms with E-state index >= 15 is 0 Å². The Bertz CT molecular complexity index is 500. The molecule has 0 aromatic heterocycles. The molecule has 0 saturated heterocycles. The number of hydrogen-bond acceptors (Lipinski definition) is 0. The third-order valence-electron chi connectivity index (χ3n) is 4.39. The minimum atomic E-state index is -1.00. The summed E-state index contributed by atoms with van der Waals surface area (Å²) in [4.78, 5) is 0. The van der Waals surface area contributed by atoms with Gasteiger partial charge in [0.15, 0.2) is 0 Å². The van der Waals surface area contributed by atoms with Crippen molar-refractivity contribution in [3.05, 3.63) is 52.2 Å². The van der Waals surface area contributed by atoms with Gasteiger partial charge in [0, 0.05) is 0 Å². The van der Waals surface area contributed by atoms with Crippen LogP contribution in [0.15, 0.2) is 35.6 Å². The fourth-order valence-corrected chi connectivity index (χ4v) is 7.26. The van der Waals surface area contributed by atoms with Crippen LogP contribution in [-0.4, -0.2) is 8.80 Å². The van der Waals surface area contributed by atoms with Crippen LogP contribution in [-0.2, 0) is 0 Å². The van der Waals surface area contributed by atoms with Crippen molar-refractivity contribution in [2.45, 2.75) is 59.4 Å². The molecule has 0 saturated carbocycles. The second-order valence-corrected chi connectivity index (χ2v) is 9.13. The molecule has 0 heterocycles. The molecule has 0 N–H and O–H groups in total. The van der Waals surface area contributed by atoms with Gasteiger partial charge in [-0.3, -0.25) is 0 Å². The smallest absolute Gasteiger partial charge is 0.0814 e. The zero-order valence-corrected chi connectivity index (χ0v) is 14.7. The van der Waals surface area contributed by atoms with E-state index in [-0.39, 0.29) is 0 Å². The first-order chi connectivity index (χ1) is 9.63. The van der Waals surface area contributed by atoms with E-state index in [0.717, 1.165) is 6.42 Å². The molecule has 108 valence electrons. The molecule has 0 nitrogen and oxygen atoms in total. The predicted octanol–water partition coefficient (Wildman–Crippen LogP) is 4.66. The molecule has 2 rings (SSSR count). The molecular formula is C19H28Si. The Morgan fingerprint density at radius 1 is 1.05 bits per heavy atom. The van der Waals surface area contributed by atoms with Crippen molar-refractivity contribution in [1.29, 1.82) is 0 Å². The zero-order chi connectivity index (χ0) is 14.5. The topological polar surface area (TPSA) is 0 Å². The molecule has 1 aromatic carbocycles. The summed E-state index contributed by atoms with van der Waals surface area (Å²) in [5, 5.41) is 3.39. The average molecular weight is 285 g/mol. The lowest BCUT2D eigenvalue weighted by Gasteiger charge is -2.22. The lowest BCUT2D eigenvalue weighted by Crippen LogP contribution is -2.36. The van der Waals surface area contributed by atoms with Crippen LogP contribution in [0.4, 0.5) is 0 Å². The Labute approximate surface area is 126 Å². The van der Waals surface area contributed by atoms with Gasteiger partial charge in [-0.1, -0.05) is 89.7 Å². The zero-order valence-electron chi connectivity index (χ0n) is 13.5. The van der Waals surface area contributed by atoms with E-state index in [9.17, 15) is 0 Å². The number of allylic oxidation sites excluding steroid dienone is 4. The van der Waals surface area contributed by atoms with Crippen molar-refractivity contribution >= 4 is 14.0 Å². The van der Waals surface area contributed by atoms with E-state index in [1.807, 2.05) is 0 Å². The lowest BCUT2D eigenvalue weighted by atomic mass is 10.1. The fourth-order valence-electron chi connectivity index (χ4n) is 3.55. The van der Waals surface area contributed by atoms with E-state index in [2.05, 4.69) is 58.1 Å². The summed E-state index contributed by atoms with van der Waals surface area (Å²) in [6.45, 7) is 9.14. The first kappa shape index (κ1) is 15.3. The number of hydrogen-bond donors (Lipinski definition) is 0. The van der Waals surface area contributed by atoms with Gasteiger partial charge in [0.25, 0.3) is 0 Å². The fraction of sp³-hybridized carbons (Fsp3) is 0.474. The van der Waals surface area contributed by atoms with Crippen molar-refractivity contribution in [3.8, 4) is 0 Å². The van der Waals surface area contributed by atoms with Crippen LogP contribution in [0.5, 0.6) is 0 Å². The van der Waals surface area contributed by atoms with Crippen LogP contribution in [0, 0.1) is 20.8 Å². The summed E-state index contributed by atoms with van der Waals surface area (Å²) in [6, 6.07) is 6.18. The molecule has 1 aliphatic rings. The predicted molar refractivity (Wildman–Crippen MR) is 93.6 cm³/mol. The van der Waals surface area contributed by atoms with Crippen molar-refractivity contribution in [2.75, 3.05) is 0 Å².